The summed E-state index contributed by atoms with van der Waals surface area (Å²) in [6.07, 6.45) is 10.3. The van der Waals surface area contributed by atoms with Crippen molar-refractivity contribution in [3.8, 4) is 16.9 Å². The lowest BCUT2D eigenvalue weighted by Crippen LogP contribution is -2.29. The van der Waals surface area contributed by atoms with E-state index in [1.807, 2.05) is 66.1 Å². The van der Waals surface area contributed by atoms with Crippen LogP contribution in [0.2, 0.25) is 0 Å². The smallest absolute Gasteiger partial charge is 0.341 e. The van der Waals surface area contributed by atoms with E-state index in [4.69, 9.17) is 21.7 Å². The first kappa shape index (κ1) is 32.9. The Bertz CT molecular complexity index is 1550. The van der Waals surface area contributed by atoms with E-state index in [9.17, 15) is 14.4 Å². The van der Waals surface area contributed by atoms with Gasteiger partial charge in [0.25, 0.3) is 5.91 Å². The summed E-state index contributed by atoms with van der Waals surface area (Å²) in [5, 5.41) is 5.28. The first-order valence-electron chi connectivity index (χ1n) is 15.6. The summed E-state index contributed by atoms with van der Waals surface area (Å²) in [6, 6.07) is 17.4. The summed E-state index contributed by atoms with van der Waals surface area (Å²) in [7, 11) is 0. The van der Waals surface area contributed by atoms with E-state index in [1.165, 1.54) is 42.4 Å². The maximum absolute atomic E-state index is 13.2. The van der Waals surface area contributed by atoms with Gasteiger partial charge in [-0.3, -0.25) is 14.5 Å². The maximum Gasteiger partial charge on any atom is 0.341 e. The van der Waals surface area contributed by atoms with Gasteiger partial charge in [-0.2, -0.15) is 0 Å². The highest BCUT2D eigenvalue weighted by Gasteiger charge is 2.32. The van der Waals surface area contributed by atoms with Gasteiger partial charge in [0.1, 0.15) is 20.6 Å². The van der Waals surface area contributed by atoms with Gasteiger partial charge in [-0.05, 0) is 63.2 Å². The fraction of sp³-hybridized carbons (Fsp3) is 0.371. The van der Waals surface area contributed by atoms with E-state index in [-0.39, 0.29) is 24.5 Å². The maximum atomic E-state index is 13.2. The number of para-hydroxylation sites is 1. The zero-order chi connectivity index (χ0) is 31.6. The number of hydrogen-bond acceptors (Lipinski definition) is 8. The quantitative estimate of drug-likeness (QED) is 0.0848. The topological polar surface area (TPSA) is 84.9 Å². The molecule has 2 aliphatic rings. The minimum absolute atomic E-state index is 0.0892. The number of nitrogens with one attached hydrogen (secondary N) is 1. The van der Waals surface area contributed by atoms with Gasteiger partial charge >= 0.3 is 5.97 Å². The van der Waals surface area contributed by atoms with Gasteiger partial charge in [0.15, 0.2) is 0 Å². The summed E-state index contributed by atoms with van der Waals surface area (Å²) in [5.74, 6) is 0.102. The first-order chi connectivity index (χ1) is 21.9. The van der Waals surface area contributed by atoms with Crippen molar-refractivity contribution in [1.82, 2.24) is 4.90 Å². The number of carbonyl (C=O) groups excluding carboxylic acids is 3. The number of hydrogen-bond donors (Lipinski definition) is 1. The van der Waals surface area contributed by atoms with Crippen LogP contribution in [0.3, 0.4) is 0 Å². The number of unbranched alkanes of at least 4 members (excludes halogenated alkanes) is 2. The van der Waals surface area contributed by atoms with E-state index in [0.29, 0.717) is 39.2 Å². The molecule has 0 radical (unpaired) electrons. The Morgan fingerprint density at radius 2 is 1.78 bits per heavy atom. The van der Waals surface area contributed by atoms with Crippen LogP contribution in [0.4, 0.5) is 5.00 Å². The lowest BCUT2D eigenvalue weighted by Gasteiger charge is -2.23. The van der Waals surface area contributed by atoms with E-state index < -0.39 is 5.97 Å². The zero-order valence-corrected chi connectivity index (χ0v) is 27.9. The Balaban J connectivity index is 1.11. The average molecular weight is 663 g/mol. The minimum atomic E-state index is -0.453. The molecule has 1 aliphatic heterocycles. The number of carbonyl (C=O) groups is 3. The molecule has 0 bridgehead atoms. The number of ether oxygens (including phenoxy) is 2. The molecule has 3 aromatic rings. The monoisotopic (exact) mass is 662 g/mol. The summed E-state index contributed by atoms with van der Waals surface area (Å²) in [4.78, 5) is 41.1. The van der Waals surface area contributed by atoms with Crippen molar-refractivity contribution in [2.24, 2.45) is 0 Å². The molecule has 2 amide bonds. The van der Waals surface area contributed by atoms with Crippen LogP contribution in [0.5, 0.6) is 5.75 Å². The molecule has 45 heavy (non-hydrogen) atoms. The SMILES string of the molecule is CCOC(=O)c1c(-c2ccccc2)csc1NC(=O)CCCCCN1C(=O)/C(=C/c2ccccc2OC2CCCCC2)SC1=S. The van der Waals surface area contributed by atoms with Gasteiger partial charge in [0.2, 0.25) is 5.91 Å². The van der Waals surface area contributed by atoms with Crippen molar-refractivity contribution in [1.29, 1.82) is 0 Å². The number of amides is 2. The van der Waals surface area contributed by atoms with Gasteiger partial charge in [-0.1, -0.05) is 85.4 Å². The Labute approximate surface area is 278 Å². The molecule has 0 unspecified atom stereocenters. The molecule has 0 atom stereocenters. The number of benzene rings is 2. The molecule has 1 N–H and O–H groups in total. The third-order valence-electron chi connectivity index (χ3n) is 7.82. The second-order valence-corrected chi connectivity index (χ2v) is 13.6. The standard InChI is InChI=1S/C35H38N2O5S3/c1-2-41-34(40)31-27(24-14-6-3-7-15-24)23-44-32(31)36-30(38)20-10-5-13-21-37-33(39)29(45-35(37)43)22-25-16-11-12-19-28(25)42-26-17-8-4-9-18-26/h3,6-7,11-12,14-16,19,22-23,26H,2,4-5,8-10,13,17-18,20-21H2,1H3,(H,36,38)/b29-22-. The van der Waals surface area contributed by atoms with E-state index in [1.54, 1.807) is 11.8 Å². The molecule has 10 heteroatoms. The lowest BCUT2D eigenvalue weighted by molar-refractivity contribution is -0.122. The van der Waals surface area contributed by atoms with Crippen LogP contribution in [0.1, 0.15) is 80.6 Å². The summed E-state index contributed by atoms with van der Waals surface area (Å²) >= 11 is 8.19. The van der Waals surface area contributed by atoms with Crippen LogP contribution in [0, 0.1) is 0 Å². The second kappa shape index (κ2) is 16.2. The van der Waals surface area contributed by atoms with Crippen molar-refractivity contribution in [2.75, 3.05) is 18.5 Å². The third kappa shape index (κ3) is 8.62. The normalized spacial score (nSPS) is 16.3. The van der Waals surface area contributed by atoms with Gasteiger partial charge in [0, 0.05) is 29.5 Å². The number of nitrogens with zero attached hydrogens (tertiary/aromatic N) is 1. The second-order valence-electron chi connectivity index (χ2n) is 11.0. The Hall–Kier alpha value is -3.47. The molecule has 236 valence electrons. The Morgan fingerprint density at radius 3 is 2.56 bits per heavy atom. The predicted octanol–water partition coefficient (Wildman–Crippen LogP) is 8.70. The van der Waals surface area contributed by atoms with E-state index >= 15 is 0 Å². The summed E-state index contributed by atoms with van der Waals surface area (Å²) in [6.45, 7) is 2.51. The number of thioether (sulfide) groups is 1. The van der Waals surface area contributed by atoms with Crippen molar-refractivity contribution in [3.05, 3.63) is 76.0 Å². The molecule has 0 spiro atoms. The number of anilines is 1. The highest BCUT2D eigenvalue weighted by Crippen LogP contribution is 2.37. The molecular weight excluding hydrogens is 625 g/mol. The molecule has 1 saturated carbocycles. The average Bonchev–Trinajstić information content (AvgIpc) is 3.58. The molecule has 2 aromatic carbocycles. The highest BCUT2D eigenvalue weighted by atomic mass is 32.2. The van der Waals surface area contributed by atoms with Crippen LogP contribution in [-0.4, -0.2) is 46.3 Å². The zero-order valence-electron chi connectivity index (χ0n) is 25.4. The molecule has 5 rings (SSSR count). The Kier molecular flexibility index (Phi) is 11.8. The van der Waals surface area contributed by atoms with Crippen LogP contribution in [0.25, 0.3) is 17.2 Å². The largest absolute Gasteiger partial charge is 0.490 e. The highest BCUT2D eigenvalue weighted by molar-refractivity contribution is 8.26. The van der Waals surface area contributed by atoms with Gasteiger partial charge in [0.05, 0.1) is 17.6 Å². The van der Waals surface area contributed by atoms with Crippen molar-refractivity contribution in [3.63, 3.8) is 0 Å². The predicted molar refractivity (Wildman–Crippen MR) is 187 cm³/mol. The van der Waals surface area contributed by atoms with E-state index in [2.05, 4.69) is 5.32 Å². The summed E-state index contributed by atoms with van der Waals surface area (Å²) in [5.41, 5.74) is 2.90. The molecule has 7 nitrogen and oxygen atoms in total. The fourth-order valence-corrected chi connectivity index (χ4v) is 7.78. The molecule has 1 aromatic heterocycles. The molecule has 2 heterocycles. The fourth-order valence-electron chi connectivity index (χ4n) is 5.51. The number of thiocarbonyl (C=S) groups is 1. The van der Waals surface area contributed by atoms with Gasteiger partial charge in [-0.25, -0.2) is 4.79 Å². The van der Waals surface area contributed by atoms with Crippen LogP contribution < -0.4 is 10.1 Å². The van der Waals surface area contributed by atoms with Crippen molar-refractivity contribution >= 4 is 68.5 Å². The van der Waals surface area contributed by atoms with Gasteiger partial charge in [-0.15, -0.1) is 11.3 Å². The van der Waals surface area contributed by atoms with Gasteiger partial charge < -0.3 is 14.8 Å². The van der Waals surface area contributed by atoms with Crippen LogP contribution >= 0.6 is 35.3 Å². The minimum Gasteiger partial charge on any atom is -0.490 e. The molecule has 1 aliphatic carbocycles. The lowest BCUT2D eigenvalue weighted by atomic mass is 9.97. The Morgan fingerprint density at radius 1 is 1.02 bits per heavy atom. The van der Waals surface area contributed by atoms with Crippen molar-refractivity contribution < 1.29 is 23.9 Å². The number of rotatable bonds is 13. The molecule has 1 saturated heterocycles. The number of thiophene rings is 1. The van der Waals surface area contributed by atoms with Crippen LogP contribution in [-0.2, 0) is 14.3 Å². The van der Waals surface area contributed by atoms with Crippen molar-refractivity contribution in [2.45, 2.75) is 70.8 Å². The van der Waals surface area contributed by atoms with E-state index in [0.717, 1.165) is 48.1 Å². The van der Waals surface area contributed by atoms with Crippen LogP contribution in [0.15, 0.2) is 64.9 Å². The third-order valence-corrected chi connectivity index (χ3v) is 10.1. The first-order valence-corrected chi connectivity index (χ1v) is 17.7. The molecular formula is C35H38N2O5S3. The summed E-state index contributed by atoms with van der Waals surface area (Å²) < 4.78 is 12.2. The molecule has 2 fully saturated rings. The number of esters is 1.